The number of hydrogen-bond acceptors (Lipinski definition) is 6. The van der Waals surface area contributed by atoms with Crippen LogP contribution in [-0.4, -0.2) is 41.5 Å². The molecule has 2 aromatic rings. The molecule has 1 saturated heterocycles. The van der Waals surface area contributed by atoms with Crippen LogP contribution < -0.4 is 10.2 Å². The van der Waals surface area contributed by atoms with Gasteiger partial charge in [0.05, 0.1) is 5.56 Å². The number of likely N-dealkylation sites (N-methyl/N-ethyl adjacent to an activating group) is 1. The molecule has 0 saturated carbocycles. The normalized spacial score (nSPS) is 17.0. The Balaban J connectivity index is 1.73. The van der Waals surface area contributed by atoms with Crippen LogP contribution in [0.4, 0.5) is 11.6 Å². The van der Waals surface area contributed by atoms with E-state index in [0.717, 1.165) is 49.8 Å². The molecule has 2 aliphatic rings. The zero-order valence-corrected chi connectivity index (χ0v) is 15.2. The number of nitrogens with one attached hydrogen (secondary N) is 1. The summed E-state index contributed by atoms with van der Waals surface area (Å²) >= 11 is 0. The Morgan fingerprint density at radius 3 is 2.65 bits per heavy atom. The topological polar surface area (TPSA) is 68.1 Å². The summed E-state index contributed by atoms with van der Waals surface area (Å²) in [5.74, 6) is 1.79. The van der Waals surface area contributed by atoms with Gasteiger partial charge in [-0.05, 0) is 49.6 Å². The monoisotopic (exact) mass is 348 g/mol. The largest absolute Gasteiger partial charge is 0.365 e. The molecule has 0 spiro atoms. The highest BCUT2D eigenvalue weighted by atomic mass is 15.2. The molecule has 134 valence electrons. The first-order valence-corrected chi connectivity index (χ1v) is 9.28. The maximum Gasteiger partial charge on any atom is 0.146 e. The molecule has 0 atom stereocenters. The van der Waals surface area contributed by atoms with Gasteiger partial charge in [-0.1, -0.05) is 0 Å². The van der Waals surface area contributed by atoms with Crippen molar-refractivity contribution in [3.63, 3.8) is 0 Å². The summed E-state index contributed by atoms with van der Waals surface area (Å²) in [4.78, 5) is 13.7. The highest BCUT2D eigenvalue weighted by Gasteiger charge is 2.27. The number of aromatic nitrogens is 2. The molecule has 1 fully saturated rings. The molecule has 4 heterocycles. The van der Waals surface area contributed by atoms with E-state index < -0.39 is 0 Å². The number of fused-ring (bicyclic) bond motifs is 1. The second-order valence-corrected chi connectivity index (χ2v) is 7.12. The third kappa shape index (κ3) is 3.23. The van der Waals surface area contributed by atoms with E-state index in [-0.39, 0.29) is 0 Å². The minimum absolute atomic E-state index is 0.641. The van der Waals surface area contributed by atoms with Crippen LogP contribution in [0.5, 0.6) is 0 Å². The number of nitriles is 1. The van der Waals surface area contributed by atoms with E-state index in [4.69, 9.17) is 4.98 Å². The summed E-state index contributed by atoms with van der Waals surface area (Å²) in [6.07, 6.45) is 6.90. The molecule has 0 amide bonds. The van der Waals surface area contributed by atoms with Gasteiger partial charge in [-0.3, -0.25) is 4.98 Å². The Hall–Kier alpha value is -2.65. The first-order valence-electron chi connectivity index (χ1n) is 9.28. The summed E-state index contributed by atoms with van der Waals surface area (Å²) in [5, 5.41) is 13.2. The fourth-order valence-corrected chi connectivity index (χ4v) is 3.88. The molecule has 6 nitrogen and oxygen atoms in total. The molecule has 0 aliphatic carbocycles. The number of nitrogens with zero attached hydrogens (tertiary/aromatic N) is 5. The molecule has 6 heteroatoms. The lowest BCUT2D eigenvalue weighted by molar-refractivity contribution is 0.312. The Kier molecular flexibility index (Phi) is 4.72. The number of anilines is 2. The van der Waals surface area contributed by atoms with Crippen LogP contribution in [0.1, 0.15) is 35.1 Å². The fourth-order valence-electron chi connectivity index (χ4n) is 3.88. The molecular formula is C20H24N6. The van der Waals surface area contributed by atoms with Crippen molar-refractivity contribution < 1.29 is 0 Å². The Morgan fingerprint density at radius 2 is 1.92 bits per heavy atom. The minimum Gasteiger partial charge on any atom is -0.365 e. The maximum atomic E-state index is 9.83. The average Bonchev–Trinajstić information content (AvgIpc) is 3.20. The highest BCUT2D eigenvalue weighted by molar-refractivity contribution is 5.67. The van der Waals surface area contributed by atoms with Gasteiger partial charge < -0.3 is 15.1 Å². The van der Waals surface area contributed by atoms with Crippen molar-refractivity contribution in [1.82, 2.24) is 14.9 Å². The van der Waals surface area contributed by atoms with Crippen molar-refractivity contribution in [3.8, 4) is 6.07 Å². The quantitative estimate of drug-likeness (QED) is 0.916. The van der Waals surface area contributed by atoms with Crippen LogP contribution in [0, 0.1) is 11.3 Å². The zero-order chi connectivity index (χ0) is 17.9. The Bertz CT molecular complexity index is 820. The van der Waals surface area contributed by atoms with Gasteiger partial charge >= 0.3 is 0 Å². The number of pyridine rings is 2. The summed E-state index contributed by atoms with van der Waals surface area (Å²) in [7, 11) is 2.14. The standard InChI is InChI=1S/C20H24N6/c1-25-11-6-16-17(12-21)19(23-13-15-4-7-22-8-5-15)24-20(18(16)14-25)26-9-2-3-10-26/h4-5,7-8H,2-3,6,9-11,13-14H2,1H3,(H,23,24). The highest BCUT2D eigenvalue weighted by Crippen LogP contribution is 2.34. The lowest BCUT2D eigenvalue weighted by Crippen LogP contribution is -2.31. The number of hydrogen-bond donors (Lipinski definition) is 1. The van der Waals surface area contributed by atoms with Gasteiger partial charge in [0, 0.05) is 50.7 Å². The van der Waals surface area contributed by atoms with E-state index in [9.17, 15) is 5.26 Å². The van der Waals surface area contributed by atoms with Crippen molar-refractivity contribution >= 4 is 11.6 Å². The maximum absolute atomic E-state index is 9.83. The van der Waals surface area contributed by atoms with Gasteiger partial charge in [0.25, 0.3) is 0 Å². The molecule has 2 aromatic heterocycles. The van der Waals surface area contributed by atoms with Crippen LogP contribution in [-0.2, 0) is 19.5 Å². The van der Waals surface area contributed by atoms with E-state index in [2.05, 4.69) is 33.2 Å². The third-order valence-electron chi connectivity index (χ3n) is 5.29. The SMILES string of the molecule is CN1CCc2c(C#N)c(NCc3ccncc3)nc(N3CCCC3)c2C1. The van der Waals surface area contributed by atoms with Gasteiger partial charge in [-0.2, -0.15) is 5.26 Å². The van der Waals surface area contributed by atoms with Gasteiger partial charge in [0.1, 0.15) is 17.7 Å². The van der Waals surface area contributed by atoms with Gasteiger partial charge in [-0.25, -0.2) is 4.98 Å². The van der Waals surface area contributed by atoms with Crippen molar-refractivity contribution in [2.24, 2.45) is 0 Å². The molecule has 26 heavy (non-hydrogen) atoms. The van der Waals surface area contributed by atoms with Crippen LogP contribution in [0.25, 0.3) is 0 Å². The molecule has 1 N–H and O–H groups in total. The van der Waals surface area contributed by atoms with E-state index in [1.807, 2.05) is 12.1 Å². The first-order chi connectivity index (χ1) is 12.8. The Labute approximate surface area is 154 Å². The van der Waals surface area contributed by atoms with Crippen molar-refractivity contribution in [2.75, 3.05) is 36.9 Å². The van der Waals surface area contributed by atoms with E-state index in [1.165, 1.54) is 24.0 Å². The van der Waals surface area contributed by atoms with Gasteiger partial charge in [0.2, 0.25) is 0 Å². The molecule has 2 aliphatic heterocycles. The average molecular weight is 348 g/mol. The molecule has 4 rings (SSSR count). The second-order valence-electron chi connectivity index (χ2n) is 7.12. The minimum atomic E-state index is 0.641. The predicted octanol–water partition coefficient (Wildman–Crippen LogP) is 2.55. The zero-order valence-electron chi connectivity index (χ0n) is 15.2. The van der Waals surface area contributed by atoms with Gasteiger partial charge in [0.15, 0.2) is 0 Å². The van der Waals surface area contributed by atoms with E-state index in [1.54, 1.807) is 12.4 Å². The van der Waals surface area contributed by atoms with Crippen LogP contribution in [0.3, 0.4) is 0 Å². The lowest BCUT2D eigenvalue weighted by Gasteiger charge is -2.31. The molecular weight excluding hydrogens is 324 g/mol. The second kappa shape index (κ2) is 7.30. The van der Waals surface area contributed by atoms with Crippen molar-refractivity contribution in [3.05, 3.63) is 46.8 Å². The molecule has 0 aromatic carbocycles. The van der Waals surface area contributed by atoms with Crippen LogP contribution in [0.2, 0.25) is 0 Å². The van der Waals surface area contributed by atoms with Crippen LogP contribution >= 0.6 is 0 Å². The van der Waals surface area contributed by atoms with E-state index >= 15 is 0 Å². The smallest absolute Gasteiger partial charge is 0.146 e. The predicted molar refractivity (Wildman–Crippen MR) is 102 cm³/mol. The molecule has 0 radical (unpaired) electrons. The lowest BCUT2D eigenvalue weighted by atomic mass is 9.95. The van der Waals surface area contributed by atoms with Crippen LogP contribution in [0.15, 0.2) is 24.5 Å². The van der Waals surface area contributed by atoms with Crippen molar-refractivity contribution in [1.29, 1.82) is 5.26 Å². The fraction of sp³-hybridized carbons (Fsp3) is 0.450. The number of rotatable bonds is 4. The summed E-state index contributed by atoms with van der Waals surface area (Å²) in [5.41, 5.74) is 4.27. The first kappa shape index (κ1) is 16.8. The summed E-state index contributed by atoms with van der Waals surface area (Å²) < 4.78 is 0. The van der Waals surface area contributed by atoms with Crippen molar-refractivity contribution in [2.45, 2.75) is 32.4 Å². The third-order valence-corrected chi connectivity index (χ3v) is 5.29. The Morgan fingerprint density at radius 1 is 1.15 bits per heavy atom. The molecule has 0 bridgehead atoms. The van der Waals surface area contributed by atoms with E-state index in [0.29, 0.717) is 12.1 Å². The summed E-state index contributed by atoms with van der Waals surface area (Å²) in [6, 6.07) is 6.38. The molecule has 0 unspecified atom stereocenters. The van der Waals surface area contributed by atoms with Gasteiger partial charge in [-0.15, -0.1) is 0 Å². The summed E-state index contributed by atoms with van der Waals surface area (Å²) in [6.45, 7) is 4.60.